The zero-order valence-electron chi connectivity index (χ0n) is 18.4. The van der Waals surface area contributed by atoms with E-state index >= 15 is 0 Å². The summed E-state index contributed by atoms with van der Waals surface area (Å²) in [5, 5.41) is 7.77. The molecule has 1 aliphatic rings. The van der Waals surface area contributed by atoms with Crippen LogP contribution < -0.4 is 16.0 Å². The van der Waals surface area contributed by atoms with Gasteiger partial charge in [-0.2, -0.15) is 0 Å². The molecule has 0 spiro atoms. The molecule has 0 unspecified atom stereocenters. The summed E-state index contributed by atoms with van der Waals surface area (Å²) in [7, 11) is 0. The van der Waals surface area contributed by atoms with E-state index in [4.69, 9.17) is 9.47 Å². The molecule has 0 aromatic heterocycles. The van der Waals surface area contributed by atoms with Gasteiger partial charge in [-0.25, -0.2) is 14.4 Å². The lowest BCUT2D eigenvalue weighted by Crippen LogP contribution is -2.50. The Labute approximate surface area is 181 Å². The average Bonchev–Trinajstić information content (AvgIpc) is 2.69. The topological polar surface area (TPSA) is 123 Å². The second-order valence-corrected chi connectivity index (χ2v) is 7.61. The Morgan fingerprint density at radius 2 is 1.90 bits per heavy atom. The van der Waals surface area contributed by atoms with Crippen LogP contribution in [0.1, 0.15) is 43.6 Å². The fourth-order valence-corrected chi connectivity index (χ4v) is 3.13. The van der Waals surface area contributed by atoms with Crippen molar-refractivity contribution in [3.8, 4) is 0 Å². The Morgan fingerprint density at radius 1 is 1.19 bits per heavy atom. The molecule has 1 aromatic carbocycles. The number of ether oxygens (including phenoxy) is 2. The van der Waals surface area contributed by atoms with Gasteiger partial charge >= 0.3 is 18.0 Å². The van der Waals surface area contributed by atoms with E-state index in [9.17, 15) is 19.2 Å². The van der Waals surface area contributed by atoms with E-state index in [0.29, 0.717) is 5.56 Å². The van der Waals surface area contributed by atoms with Crippen LogP contribution in [0.15, 0.2) is 35.5 Å². The van der Waals surface area contributed by atoms with E-state index in [1.807, 2.05) is 13.0 Å². The predicted octanol–water partition coefficient (Wildman–Crippen LogP) is 1.81. The number of carbonyl (C=O) groups excluding carboxylic acids is 4. The van der Waals surface area contributed by atoms with E-state index in [-0.39, 0.29) is 30.4 Å². The lowest BCUT2D eigenvalue weighted by Gasteiger charge is -2.27. The third-order valence-electron chi connectivity index (χ3n) is 4.71. The Hall–Kier alpha value is -3.36. The summed E-state index contributed by atoms with van der Waals surface area (Å²) in [5.74, 6) is -1.93. The van der Waals surface area contributed by atoms with E-state index in [1.165, 1.54) is 0 Å². The second kappa shape index (κ2) is 10.6. The number of hydrogen-bond acceptors (Lipinski definition) is 6. The molecule has 0 saturated heterocycles. The third kappa shape index (κ3) is 6.31. The molecule has 2 rings (SSSR count). The molecule has 3 N–H and O–H groups in total. The van der Waals surface area contributed by atoms with Gasteiger partial charge < -0.3 is 25.4 Å². The number of aryl methyl sites for hydroxylation is 1. The Kier molecular flexibility index (Phi) is 8.18. The lowest BCUT2D eigenvalue weighted by atomic mass is 10.0. The predicted molar refractivity (Wildman–Crippen MR) is 113 cm³/mol. The molecule has 9 nitrogen and oxygen atoms in total. The Balaban J connectivity index is 2.14. The number of esters is 2. The summed E-state index contributed by atoms with van der Waals surface area (Å²) in [6, 6.07) is 4.98. The van der Waals surface area contributed by atoms with Crippen molar-refractivity contribution in [2.75, 3.05) is 13.2 Å². The molecule has 168 valence electrons. The Morgan fingerprint density at radius 3 is 2.52 bits per heavy atom. The third-order valence-corrected chi connectivity index (χ3v) is 4.71. The van der Waals surface area contributed by atoms with Crippen LogP contribution in [-0.4, -0.2) is 49.2 Å². The highest BCUT2D eigenvalue weighted by atomic mass is 16.5. The van der Waals surface area contributed by atoms with Crippen molar-refractivity contribution in [3.63, 3.8) is 0 Å². The van der Waals surface area contributed by atoms with E-state index in [2.05, 4.69) is 16.0 Å². The van der Waals surface area contributed by atoms with Crippen molar-refractivity contribution >= 4 is 23.9 Å². The van der Waals surface area contributed by atoms with Crippen LogP contribution in [-0.2, 0) is 19.1 Å². The first-order chi connectivity index (χ1) is 14.6. The fraction of sp³-hybridized carbons (Fsp3) is 0.455. The standard InChI is InChI=1S/C22H29N3O6/c1-6-30-20(27)17-14(5)23-22(29)24-16(17)11-31-21(28)18(12(2)3)25-19(26)15-9-7-8-13(4)10-15/h7-10,12,14,18H,6,11H2,1-5H3,(H,25,26)(H2,23,24,29)/t14-,18+/m1/s1. The smallest absolute Gasteiger partial charge is 0.338 e. The molecular formula is C22H29N3O6. The maximum atomic E-state index is 12.7. The first-order valence-electron chi connectivity index (χ1n) is 10.2. The van der Waals surface area contributed by atoms with Crippen molar-refractivity contribution in [2.45, 2.75) is 46.7 Å². The van der Waals surface area contributed by atoms with E-state index in [1.54, 1.807) is 45.9 Å². The SMILES string of the molecule is CCOC(=O)C1=C(COC(=O)[C@@H](NC(=O)c2cccc(C)c2)C(C)C)NC(=O)N[C@@H]1C. The minimum Gasteiger partial charge on any atom is -0.463 e. The number of nitrogens with one attached hydrogen (secondary N) is 3. The number of rotatable bonds is 8. The van der Waals surface area contributed by atoms with Gasteiger partial charge in [-0.1, -0.05) is 31.5 Å². The minimum atomic E-state index is -0.908. The van der Waals surface area contributed by atoms with Crippen LogP contribution >= 0.6 is 0 Å². The number of amides is 3. The zero-order valence-corrected chi connectivity index (χ0v) is 18.4. The van der Waals surface area contributed by atoms with E-state index in [0.717, 1.165) is 5.56 Å². The Bertz CT molecular complexity index is 893. The van der Waals surface area contributed by atoms with Crippen molar-refractivity contribution in [1.82, 2.24) is 16.0 Å². The maximum Gasteiger partial charge on any atom is 0.338 e. The van der Waals surface area contributed by atoms with E-state index < -0.39 is 36.0 Å². The molecule has 0 radical (unpaired) electrons. The van der Waals surface area contributed by atoms with Crippen molar-refractivity contribution in [2.24, 2.45) is 5.92 Å². The van der Waals surface area contributed by atoms with Crippen molar-refractivity contribution in [3.05, 3.63) is 46.7 Å². The molecule has 31 heavy (non-hydrogen) atoms. The van der Waals surface area contributed by atoms with Crippen molar-refractivity contribution < 1.29 is 28.7 Å². The highest BCUT2D eigenvalue weighted by Crippen LogP contribution is 2.16. The van der Waals surface area contributed by atoms with Gasteiger partial charge in [-0.15, -0.1) is 0 Å². The van der Waals surface area contributed by atoms with Crippen LogP contribution in [0.3, 0.4) is 0 Å². The van der Waals surface area contributed by atoms with Gasteiger partial charge in [0.25, 0.3) is 5.91 Å². The highest BCUT2D eigenvalue weighted by molar-refractivity contribution is 5.97. The molecule has 2 atom stereocenters. The van der Waals surface area contributed by atoms with Crippen LogP contribution in [0.2, 0.25) is 0 Å². The second-order valence-electron chi connectivity index (χ2n) is 7.61. The van der Waals surface area contributed by atoms with Crippen LogP contribution in [0, 0.1) is 12.8 Å². The van der Waals surface area contributed by atoms with Gasteiger partial charge in [0.15, 0.2) is 0 Å². The van der Waals surface area contributed by atoms with Crippen LogP contribution in [0.5, 0.6) is 0 Å². The first-order valence-corrected chi connectivity index (χ1v) is 10.2. The monoisotopic (exact) mass is 431 g/mol. The van der Waals surface area contributed by atoms with Gasteiger partial charge in [0, 0.05) is 5.56 Å². The largest absolute Gasteiger partial charge is 0.463 e. The summed E-state index contributed by atoms with van der Waals surface area (Å²) < 4.78 is 10.4. The summed E-state index contributed by atoms with van der Waals surface area (Å²) >= 11 is 0. The molecule has 0 bridgehead atoms. The van der Waals surface area contributed by atoms with Crippen molar-refractivity contribution in [1.29, 1.82) is 0 Å². The lowest BCUT2D eigenvalue weighted by molar-refractivity contribution is -0.146. The zero-order chi connectivity index (χ0) is 23.1. The minimum absolute atomic E-state index is 0.149. The summed E-state index contributed by atoms with van der Waals surface area (Å²) in [6.07, 6.45) is 0. The maximum absolute atomic E-state index is 12.7. The fourth-order valence-electron chi connectivity index (χ4n) is 3.13. The van der Waals surface area contributed by atoms with Gasteiger partial charge in [0.1, 0.15) is 12.6 Å². The average molecular weight is 431 g/mol. The molecule has 0 fully saturated rings. The molecule has 3 amide bonds. The van der Waals surface area contributed by atoms with Gasteiger partial charge in [-0.3, -0.25) is 4.79 Å². The molecule has 9 heteroatoms. The summed E-state index contributed by atoms with van der Waals surface area (Å²) in [5.41, 5.74) is 1.69. The number of urea groups is 1. The molecule has 0 aliphatic carbocycles. The summed E-state index contributed by atoms with van der Waals surface area (Å²) in [4.78, 5) is 49.4. The van der Waals surface area contributed by atoms with Crippen LogP contribution in [0.4, 0.5) is 4.79 Å². The number of carbonyl (C=O) groups is 4. The summed E-state index contributed by atoms with van der Waals surface area (Å²) in [6.45, 7) is 8.55. The van der Waals surface area contributed by atoms with Gasteiger partial charge in [-0.05, 0) is 38.8 Å². The molecule has 1 aromatic rings. The van der Waals surface area contributed by atoms with Gasteiger partial charge in [0.2, 0.25) is 0 Å². The molecular weight excluding hydrogens is 402 g/mol. The van der Waals surface area contributed by atoms with Gasteiger partial charge in [0.05, 0.1) is 23.9 Å². The molecule has 1 aliphatic heterocycles. The highest BCUT2D eigenvalue weighted by Gasteiger charge is 2.32. The number of hydrogen-bond donors (Lipinski definition) is 3. The normalized spacial score (nSPS) is 16.8. The number of benzene rings is 1. The van der Waals surface area contributed by atoms with Crippen LogP contribution in [0.25, 0.3) is 0 Å². The molecule has 1 heterocycles. The molecule has 0 saturated carbocycles. The first kappa shape index (κ1) is 23.9. The quantitative estimate of drug-likeness (QED) is 0.540.